The van der Waals surface area contributed by atoms with Gasteiger partial charge in [-0.05, 0) is 19.1 Å². The van der Waals surface area contributed by atoms with E-state index in [0.29, 0.717) is 44.8 Å². The lowest BCUT2D eigenvalue weighted by atomic mass is 9.98. The molecule has 2 heterocycles. The zero-order valence-electron chi connectivity index (χ0n) is 11.6. The molecule has 0 unspecified atom stereocenters. The number of benzene rings is 1. The van der Waals surface area contributed by atoms with E-state index in [4.69, 9.17) is 4.74 Å². The van der Waals surface area contributed by atoms with E-state index in [0.717, 1.165) is 11.3 Å². The molecular formula is C15H18N2O3. The maximum atomic E-state index is 12.6. The first-order chi connectivity index (χ1) is 9.66. The smallest absolute Gasteiger partial charge is 0.324 e. The highest BCUT2D eigenvalue weighted by Crippen LogP contribution is 2.29. The second-order valence-electron chi connectivity index (χ2n) is 5.23. The van der Waals surface area contributed by atoms with Crippen LogP contribution in [0.2, 0.25) is 0 Å². The lowest BCUT2D eigenvalue weighted by Crippen LogP contribution is -2.50. The number of carbonyl (C=O) groups excluding carboxylic acids is 2. The van der Waals surface area contributed by atoms with Crippen molar-refractivity contribution >= 4 is 17.5 Å². The first-order valence-electron chi connectivity index (χ1n) is 6.95. The standard InChI is InChI=1S/C15H18N2O3/c1-11-2-3-13-12(10-11)14(18)4-5-17(13)15(19)16-6-8-20-9-7-16/h2-3,10H,4-9H2,1H3. The fourth-order valence-corrected chi connectivity index (χ4v) is 2.70. The van der Waals surface area contributed by atoms with Crippen molar-refractivity contribution < 1.29 is 14.3 Å². The monoisotopic (exact) mass is 274 g/mol. The Morgan fingerprint density at radius 3 is 2.70 bits per heavy atom. The van der Waals surface area contributed by atoms with Crippen molar-refractivity contribution in [1.29, 1.82) is 0 Å². The number of nitrogens with zero attached hydrogens (tertiary/aromatic N) is 2. The van der Waals surface area contributed by atoms with Gasteiger partial charge in [0.1, 0.15) is 0 Å². The van der Waals surface area contributed by atoms with Crippen LogP contribution in [0, 0.1) is 6.92 Å². The molecule has 5 heteroatoms. The predicted octanol–water partition coefficient (Wildman–Crippen LogP) is 1.84. The summed E-state index contributed by atoms with van der Waals surface area (Å²) in [7, 11) is 0. The molecule has 0 aromatic heterocycles. The molecule has 2 aliphatic rings. The average molecular weight is 274 g/mol. The fraction of sp³-hybridized carbons (Fsp3) is 0.467. The van der Waals surface area contributed by atoms with Crippen LogP contribution in [0.3, 0.4) is 0 Å². The summed E-state index contributed by atoms with van der Waals surface area (Å²) in [6.45, 7) is 4.81. The van der Waals surface area contributed by atoms with Crippen LogP contribution in [0.25, 0.3) is 0 Å². The Morgan fingerprint density at radius 2 is 1.95 bits per heavy atom. The van der Waals surface area contributed by atoms with Gasteiger partial charge in [-0.1, -0.05) is 11.6 Å². The maximum absolute atomic E-state index is 12.6. The number of anilines is 1. The third-order valence-corrected chi connectivity index (χ3v) is 3.82. The minimum Gasteiger partial charge on any atom is -0.378 e. The van der Waals surface area contributed by atoms with E-state index in [1.54, 1.807) is 9.80 Å². The largest absolute Gasteiger partial charge is 0.378 e. The van der Waals surface area contributed by atoms with Gasteiger partial charge in [0, 0.05) is 31.6 Å². The van der Waals surface area contributed by atoms with E-state index >= 15 is 0 Å². The Morgan fingerprint density at radius 1 is 1.20 bits per heavy atom. The lowest BCUT2D eigenvalue weighted by Gasteiger charge is -2.35. The topological polar surface area (TPSA) is 49.9 Å². The predicted molar refractivity (Wildman–Crippen MR) is 75.3 cm³/mol. The first-order valence-corrected chi connectivity index (χ1v) is 6.95. The van der Waals surface area contributed by atoms with Crippen LogP contribution in [-0.4, -0.2) is 49.6 Å². The highest BCUT2D eigenvalue weighted by atomic mass is 16.5. The highest BCUT2D eigenvalue weighted by molar-refractivity contribution is 6.08. The minimum absolute atomic E-state index is 0.0223. The van der Waals surface area contributed by atoms with Crippen molar-refractivity contribution in [2.24, 2.45) is 0 Å². The van der Waals surface area contributed by atoms with Gasteiger partial charge >= 0.3 is 6.03 Å². The number of fused-ring (bicyclic) bond motifs is 1. The molecule has 20 heavy (non-hydrogen) atoms. The number of aryl methyl sites for hydroxylation is 1. The molecule has 0 saturated carbocycles. The van der Waals surface area contributed by atoms with Crippen LogP contribution >= 0.6 is 0 Å². The van der Waals surface area contributed by atoms with Gasteiger partial charge in [-0.3, -0.25) is 9.69 Å². The highest BCUT2D eigenvalue weighted by Gasteiger charge is 2.30. The molecule has 1 aromatic carbocycles. The number of carbonyl (C=O) groups is 2. The third kappa shape index (κ3) is 2.29. The Balaban J connectivity index is 1.90. The van der Waals surface area contributed by atoms with Crippen LogP contribution in [0.4, 0.5) is 10.5 Å². The number of ketones is 1. The summed E-state index contributed by atoms with van der Waals surface area (Å²) in [6, 6.07) is 5.67. The number of morpholine rings is 1. The van der Waals surface area contributed by atoms with Crippen molar-refractivity contribution in [2.45, 2.75) is 13.3 Å². The molecule has 2 amide bonds. The van der Waals surface area contributed by atoms with E-state index in [9.17, 15) is 9.59 Å². The summed E-state index contributed by atoms with van der Waals surface area (Å²) in [5, 5.41) is 0. The number of rotatable bonds is 0. The van der Waals surface area contributed by atoms with Crippen LogP contribution in [-0.2, 0) is 4.74 Å². The molecule has 1 saturated heterocycles. The van der Waals surface area contributed by atoms with E-state index in [2.05, 4.69) is 0 Å². The zero-order valence-corrected chi connectivity index (χ0v) is 11.6. The third-order valence-electron chi connectivity index (χ3n) is 3.82. The average Bonchev–Trinajstić information content (AvgIpc) is 2.48. The molecule has 0 aliphatic carbocycles. The van der Waals surface area contributed by atoms with Gasteiger partial charge in [0.15, 0.2) is 5.78 Å². The van der Waals surface area contributed by atoms with Crippen LogP contribution in [0.1, 0.15) is 22.3 Å². The molecule has 106 valence electrons. The molecule has 1 aromatic rings. The van der Waals surface area contributed by atoms with Gasteiger partial charge in [0.05, 0.1) is 18.9 Å². The molecule has 0 spiro atoms. The number of urea groups is 1. The summed E-state index contributed by atoms with van der Waals surface area (Å²) in [6.07, 6.45) is 0.395. The summed E-state index contributed by atoms with van der Waals surface area (Å²) >= 11 is 0. The molecule has 0 N–H and O–H groups in total. The number of Topliss-reactive ketones (excluding diaryl/α,β-unsaturated/α-hetero) is 1. The summed E-state index contributed by atoms with van der Waals surface area (Å²) in [5.74, 6) is 0.120. The van der Waals surface area contributed by atoms with Crippen molar-refractivity contribution in [3.05, 3.63) is 29.3 Å². The maximum Gasteiger partial charge on any atom is 0.324 e. The van der Waals surface area contributed by atoms with Gasteiger partial charge in [-0.25, -0.2) is 4.79 Å². The Bertz CT molecular complexity index is 550. The van der Waals surface area contributed by atoms with Gasteiger partial charge in [-0.15, -0.1) is 0 Å². The Hall–Kier alpha value is -1.88. The summed E-state index contributed by atoms with van der Waals surface area (Å²) < 4.78 is 5.27. The van der Waals surface area contributed by atoms with Crippen LogP contribution in [0.5, 0.6) is 0 Å². The summed E-state index contributed by atoms with van der Waals surface area (Å²) in [5.41, 5.74) is 2.44. The number of hydrogen-bond acceptors (Lipinski definition) is 3. The molecule has 0 radical (unpaired) electrons. The zero-order chi connectivity index (χ0) is 14.1. The van der Waals surface area contributed by atoms with Crippen molar-refractivity contribution in [1.82, 2.24) is 4.90 Å². The molecule has 0 atom stereocenters. The molecule has 0 bridgehead atoms. The van der Waals surface area contributed by atoms with Crippen LogP contribution in [0.15, 0.2) is 18.2 Å². The molecule has 2 aliphatic heterocycles. The summed E-state index contributed by atoms with van der Waals surface area (Å²) in [4.78, 5) is 28.1. The van der Waals surface area contributed by atoms with Gasteiger partial charge in [-0.2, -0.15) is 0 Å². The minimum atomic E-state index is -0.0223. The molecule has 3 rings (SSSR count). The van der Waals surface area contributed by atoms with E-state index in [-0.39, 0.29) is 11.8 Å². The Kier molecular flexibility index (Phi) is 3.44. The molecular weight excluding hydrogens is 256 g/mol. The van der Waals surface area contributed by atoms with E-state index in [1.807, 2.05) is 25.1 Å². The van der Waals surface area contributed by atoms with E-state index in [1.165, 1.54) is 0 Å². The van der Waals surface area contributed by atoms with E-state index < -0.39 is 0 Å². The molecule has 5 nitrogen and oxygen atoms in total. The van der Waals surface area contributed by atoms with Crippen LogP contribution < -0.4 is 4.90 Å². The second-order valence-corrected chi connectivity index (χ2v) is 5.23. The normalized spacial score (nSPS) is 18.9. The number of hydrogen-bond donors (Lipinski definition) is 0. The molecule has 1 fully saturated rings. The second kappa shape index (κ2) is 5.25. The lowest BCUT2D eigenvalue weighted by molar-refractivity contribution is 0.0547. The van der Waals surface area contributed by atoms with Crippen molar-refractivity contribution in [3.63, 3.8) is 0 Å². The number of amides is 2. The SMILES string of the molecule is Cc1ccc2c(c1)C(=O)CCN2C(=O)N1CCOCC1. The van der Waals surface area contributed by atoms with Gasteiger partial charge < -0.3 is 9.64 Å². The quantitative estimate of drug-likeness (QED) is 0.725. The van der Waals surface area contributed by atoms with Gasteiger partial charge in [0.25, 0.3) is 0 Å². The van der Waals surface area contributed by atoms with Crippen molar-refractivity contribution in [2.75, 3.05) is 37.7 Å². The van der Waals surface area contributed by atoms with Crippen molar-refractivity contribution in [3.8, 4) is 0 Å². The first kappa shape index (κ1) is 13.1. The fourth-order valence-electron chi connectivity index (χ4n) is 2.70. The number of ether oxygens (including phenoxy) is 1. The Labute approximate surface area is 118 Å². The van der Waals surface area contributed by atoms with Gasteiger partial charge in [0.2, 0.25) is 0 Å².